The second kappa shape index (κ2) is 10.1. The third-order valence-electron chi connectivity index (χ3n) is 7.09. The molecule has 1 N–H and O–H groups in total. The van der Waals surface area contributed by atoms with Crippen molar-refractivity contribution in [2.45, 2.75) is 70.5 Å². The zero-order chi connectivity index (χ0) is 27.1. The molecule has 3 atom stereocenters. The maximum atomic E-state index is 13.0. The average Bonchev–Trinajstić information content (AvgIpc) is 3.26. The summed E-state index contributed by atoms with van der Waals surface area (Å²) in [5, 5.41) is 0.982. The van der Waals surface area contributed by atoms with Crippen LogP contribution in [0.5, 0.6) is 5.75 Å². The summed E-state index contributed by atoms with van der Waals surface area (Å²) in [6.07, 6.45) is 4.95. The first-order chi connectivity index (χ1) is 17.3. The molecule has 2 heterocycles. The Bertz CT molecular complexity index is 1400. The Morgan fingerprint density at radius 2 is 1.86 bits per heavy atom. The molecule has 0 amide bonds. The van der Waals surface area contributed by atoms with E-state index < -0.39 is 21.4 Å². The second-order valence-corrected chi connectivity index (χ2v) is 13.5. The highest BCUT2D eigenvalue weighted by atomic mass is 32.2. The van der Waals surface area contributed by atoms with E-state index in [4.69, 9.17) is 14.3 Å². The third kappa shape index (κ3) is 5.85. The molecule has 1 aromatic heterocycles. The van der Waals surface area contributed by atoms with Gasteiger partial charge in [0.25, 0.3) is 0 Å². The molecular weight excluding hydrogens is 486 g/mol. The minimum atomic E-state index is -2.75. The minimum absolute atomic E-state index is 0.186. The highest BCUT2D eigenvalue weighted by molar-refractivity contribution is 7.91. The monoisotopic (exact) mass is 525 g/mol. The molecule has 8 heteroatoms. The number of aryl methyl sites for hydroxylation is 1. The lowest BCUT2D eigenvalue weighted by molar-refractivity contribution is 0.0544. The molecule has 1 aliphatic heterocycles. The van der Waals surface area contributed by atoms with Gasteiger partial charge in [0.1, 0.15) is 11.4 Å². The predicted molar refractivity (Wildman–Crippen MR) is 148 cm³/mol. The molecule has 0 saturated carbocycles. The number of piperidine rings is 1. The number of likely N-dealkylation sites (tertiary alicyclic amines) is 1. The Kier molecular flexibility index (Phi) is 7.45. The Hall–Kier alpha value is -2.84. The number of ether oxygens (including phenoxy) is 2. The first-order valence-electron chi connectivity index (χ1n) is 12.8. The molecule has 0 radical (unpaired) electrons. The van der Waals surface area contributed by atoms with Gasteiger partial charge in [-0.05, 0) is 88.4 Å². The van der Waals surface area contributed by atoms with E-state index in [1.54, 1.807) is 17.9 Å². The summed E-state index contributed by atoms with van der Waals surface area (Å²) in [5.41, 5.74) is 3.40. The first-order valence-corrected chi connectivity index (χ1v) is 14.7. The molecule has 200 valence electrons. The molecule has 3 aromatic rings. The number of carbonyl (C=O) groups excluding carboxylic acids is 1. The van der Waals surface area contributed by atoms with Gasteiger partial charge in [-0.25, -0.2) is 13.8 Å². The standard InChI is InChI=1S/C29H39N3O4S/c1-19-12-14-31(25(16-19)21-8-10-22(11-9-21)37(7,30)34)18-24-23-13-15-32(28(33)36-29(3,4)5)27(23)20(2)17-26(24)35-6/h8-11,13,15,17,19,25,30H,12,14,16,18H2,1-7H3/t19-,25+,37+/m1/s1. The van der Waals surface area contributed by atoms with E-state index in [0.717, 1.165) is 52.7 Å². The SMILES string of the molecule is COc1cc(C)c2c(ccn2C(=O)OC(C)(C)C)c1CN1CC[C@@H](C)C[C@H]1c1ccc([S@@](C)(=N)=O)cc1. The second-order valence-electron chi connectivity index (χ2n) is 11.3. The average molecular weight is 526 g/mol. The van der Waals surface area contributed by atoms with Crippen LogP contribution in [0.25, 0.3) is 10.9 Å². The van der Waals surface area contributed by atoms with Crippen molar-refractivity contribution in [3.63, 3.8) is 0 Å². The molecule has 0 spiro atoms. The molecular formula is C29H39N3O4S. The maximum Gasteiger partial charge on any atom is 0.419 e. The lowest BCUT2D eigenvalue weighted by Crippen LogP contribution is -2.36. The van der Waals surface area contributed by atoms with Crippen LogP contribution >= 0.6 is 0 Å². The Morgan fingerprint density at radius 1 is 1.19 bits per heavy atom. The Morgan fingerprint density at radius 3 is 2.46 bits per heavy atom. The molecule has 4 rings (SSSR count). The van der Waals surface area contributed by atoms with Gasteiger partial charge in [-0.3, -0.25) is 9.47 Å². The molecule has 1 fully saturated rings. The van der Waals surface area contributed by atoms with E-state index in [9.17, 15) is 9.00 Å². The van der Waals surface area contributed by atoms with E-state index in [1.165, 1.54) is 6.26 Å². The fourth-order valence-electron chi connectivity index (χ4n) is 5.25. The number of nitrogens with zero attached hydrogens (tertiary/aromatic N) is 2. The predicted octanol–water partition coefficient (Wildman–Crippen LogP) is 6.75. The topological polar surface area (TPSA) is 84.6 Å². The quantitative estimate of drug-likeness (QED) is 0.398. The number of nitrogens with one attached hydrogen (secondary N) is 1. The smallest absolute Gasteiger partial charge is 0.419 e. The van der Waals surface area contributed by atoms with E-state index >= 15 is 0 Å². The van der Waals surface area contributed by atoms with E-state index in [0.29, 0.717) is 17.4 Å². The fourth-order valence-corrected chi connectivity index (χ4v) is 5.91. The van der Waals surface area contributed by atoms with Crippen LogP contribution in [0.1, 0.15) is 63.3 Å². The van der Waals surface area contributed by atoms with Gasteiger partial charge in [0.2, 0.25) is 0 Å². The van der Waals surface area contributed by atoms with Gasteiger partial charge in [0.15, 0.2) is 0 Å². The molecule has 37 heavy (non-hydrogen) atoms. The van der Waals surface area contributed by atoms with Crippen molar-refractivity contribution in [2.24, 2.45) is 5.92 Å². The summed E-state index contributed by atoms with van der Waals surface area (Å²) in [7, 11) is -1.06. The van der Waals surface area contributed by atoms with Crippen LogP contribution in [0, 0.1) is 17.6 Å². The lowest BCUT2D eigenvalue weighted by atomic mass is 9.87. The van der Waals surface area contributed by atoms with Gasteiger partial charge in [-0.2, -0.15) is 0 Å². The van der Waals surface area contributed by atoms with Gasteiger partial charge in [-0.15, -0.1) is 0 Å². The minimum Gasteiger partial charge on any atom is -0.496 e. The number of benzene rings is 2. The Balaban J connectivity index is 1.74. The highest BCUT2D eigenvalue weighted by Crippen LogP contribution is 2.39. The van der Waals surface area contributed by atoms with Crippen LogP contribution in [-0.4, -0.2) is 45.3 Å². The van der Waals surface area contributed by atoms with E-state index in [-0.39, 0.29) is 6.04 Å². The zero-order valence-electron chi connectivity index (χ0n) is 23.0. The van der Waals surface area contributed by atoms with Gasteiger partial charge in [0, 0.05) is 40.9 Å². The third-order valence-corrected chi connectivity index (χ3v) is 8.26. The molecule has 1 saturated heterocycles. The van der Waals surface area contributed by atoms with E-state index in [1.807, 2.05) is 64.1 Å². The normalized spacial score (nSPS) is 20.5. The van der Waals surface area contributed by atoms with Crippen molar-refractivity contribution < 1.29 is 18.5 Å². The summed E-state index contributed by atoms with van der Waals surface area (Å²) < 4.78 is 33.2. The number of hydrogen-bond donors (Lipinski definition) is 1. The number of methoxy groups -OCH3 is 1. The number of aromatic nitrogens is 1. The summed E-state index contributed by atoms with van der Waals surface area (Å²) in [6.45, 7) is 11.5. The number of hydrogen-bond acceptors (Lipinski definition) is 6. The van der Waals surface area contributed by atoms with Crippen molar-refractivity contribution in [1.29, 1.82) is 4.78 Å². The lowest BCUT2D eigenvalue weighted by Gasteiger charge is -2.39. The fraction of sp³-hybridized carbons (Fsp3) is 0.483. The van der Waals surface area contributed by atoms with Crippen LogP contribution in [0.3, 0.4) is 0 Å². The number of rotatable bonds is 5. The van der Waals surface area contributed by atoms with Crippen molar-refractivity contribution >= 4 is 26.7 Å². The van der Waals surface area contributed by atoms with Crippen LogP contribution in [0.15, 0.2) is 47.5 Å². The maximum absolute atomic E-state index is 13.0. The van der Waals surface area contributed by atoms with Gasteiger partial charge >= 0.3 is 6.09 Å². The molecule has 0 bridgehead atoms. The molecule has 7 nitrogen and oxygen atoms in total. The molecule has 2 aromatic carbocycles. The summed E-state index contributed by atoms with van der Waals surface area (Å²) >= 11 is 0. The number of carbonyl (C=O) groups is 1. The highest BCUT2D eigenvalue weighted by Gasteiger charge is 2.30. The van der Waals surface area contributed by atoms with Crippen molar-refractivity contribution in [2.75, 3.05) is 19.9 Å². The molecule has 0 aliphatic carbocycles. The van der Waals surface area contributed by atoms with Gasteiger partial charge in [-0.1, -0.05) is 19.1 Å². The van der Waals surface area contributed by atoms with E-state index in [2.05, 4.69) is 11.8 Å². The van der Waals surface area contributed by atoms with Crippen molar-refractivity contribution in [3.8, 4) is 5.75 Å². The van der Waals surface area contributed by atoms with Crippen LogP contribution in [0.2, 0.25) is 0 Å². The van der Waals surface area contributed by atoms with Crippen molar-refractivity contribution in [3.05, 3.63) is 59.3 Å². The molecule has 0 unspecified atom stereocenters. The summed E-state index contributed by atoms with van der Waals surface area (Å²) in [6, 6.07) is 11.9. The molecule has 1 aliphatic rings. The van der Waals surface area contributed by atoms with Gasteiger partial charge in [0.05, 0.1) is 22.4 Å². The zero-order valence-corrected chi connectivity index (χ0v) is 23.8. The summed E-state index contributed by atoms with van der Waals surface area (Å²) in [4.78, 5) is 16.0. The summed E-state index contributed by atoms with van der Waals surface area (Å²) in [5.74, 6) is 1.39. The van der Waals surface area contributed by atoms with Crippen LogP contribution in [-0.2, 0) is 21.0 Å². The van der Waals surface area contributed by atoms with Crippen LogP contribution in [0.4, 0.5) is 4.79 Å². The van der Waals surface area contributed by atoms with Crippen LogP contribution < -0.4 is 4.74 Å². The Labute approximate surface area is 220 Å². The first kappa shape index (κ1) is 27.2. The largest absolute Gasteiger partial charge is 0.496 e. The van der Waals surface area contributed by atoms with Gasteiger partial charge < -0.3 is 9.47 Å². The van der Waals surface area contributed by atoms with Crippen molar-refractivity contribution in [1.82, 2.24) is 9.47 Å². The number of fused-ring (bicyclic) bond motifs is 1.